The summed E-state index contributed by atoms with van der Waals surface area (Å²) in [5, 5.41) is 41.9. The van der Waals surface area contributed by atoms with Crippen LogP contribution in [-0.4, -0.2) is 58.9 Å². The van der Waals surface area contributed by atoms with E-state index in [2.05, 4.69) is 62.5 Å². The molecule has 0 aromatic carbocycles. The highest BCUT2D eigenvalue weighted by Crippen LogP contribution is 2.39. The van der Waals surface area contributed by atoms with Crippen molar-refractivity contribution in [1.29, 1.82) is 0 Å². The second-order valence-electron chi connectivity index (χ2n) is 16.1. The molecule has 0 aliphatic carbocycles. The molecule has 0 radical (unpaired) electrons. The first-order valence-corrected chi connectivity index (χ1v) is 20.6. The standard InChI is InChI=1S/C49H60N4O6/c1-9-34-31(6)39-25-45-49(46(55)18-12-17-30(5)16-11-15-29(4)14-10-13-28(2)3)33(8)40(52-45)24-44-37(27-54)36(20-22-48(58)59)43(53-44)26-42-35(19-21-47(56)57)32(7)38(51-42)23-41(34)50-39/h9,13,15,17,23-26,46,50,52,54-55H,1,10-12,14,16,18-22,27H2,2-8H3,(H,56,57)(H,58,59)/b29-15+,30-17+,38-23?,39-25?,40-24?,41-23?,42-26?,43-26?,44-24?,45-25?. The molecule has 312 valence electrons. The van der Waals surface area contributed by atoms with Crippen molar-refractivity contribution in [2.75, 3.05) is 6.61 Å². The molecular formula is C49H60N4O6. The van der Waals surface area contributed by atoms with Crippen LogP contribution in [-0.2, 0) is 9.59 Å². The van der Waals surface area contributed by atoms with Crippen molar-refractivity contribution in [1.82, 2.24) is 19.9 Å². The fourth-order valence-electron chi connectivity index (χ4n) is 7.97. The summed E-state index contributed by atoms with van der Waals surface area (Å²) in [6, 6.07) is 7.55. The number of aliphatic hydroxyl groups excluding tert-OH is 2. The number of nitrogens with zero attached hydrogens (tertiary/aromatic N) is 2. The molecule has 10 heteroatoms. The number of nitrogens with one attached hydrogen (secondary N) is 2. The third-order valence-electron chi connectivity index (χ3n) is 11.4. The van der Waals surface area contributed by atoms with Crippen LogP contribution in [0.1, 0.15) is 150 Å². The largest absolute Gasteiger partial charge is 0.481 e. The van der Waals surface area contributed by atoms with E-state index in [1.807, 2.05) is 39.0 Å². The molecule has 8 bridgehead atoms. The number of carbonyl (C=O) groups is 2. The van der Waals surface area contributed by atoms with Gasteiger partial charge in [0.15, 0.2) is 0 Å². The Bertz CT molecular complexity index is 2450. The number of carboxylic acids is 2. The Kier molecular flexibility index (Phi) is 15.0. The minimum atomic E-state index is -0.980. The van der Waals surface area contributed by atoms with Gasteiger partial charge in [-0.2, -0.15) is 0 Å². The highest BCUT2D eigenvalue weighted by atomic mass is 16.4. The van der Waals surface area contributed by atoms with E-state index in [-0.39, 0.29) is 32.3 Å². The number of aliphatic hydroxyl groups is 2. The first kappa shape index (κ1) is 44.5. The van der Waals surface area contributed by atoms with Crippen LogP contribution < -0.4 is 0 Å². The molecule has 1 atom stereocenters. The predicted octanol–water partition coefficient (Wildman–Crippen LogP) is 11.4. The highest BCUT2D eigenvalue weighted by Gasteiger charge is 2.25. The van der Waals surface area contributed by atoms with Gasteiger partial charge in [-0.15, -0.1) is 0 Å². The van der Waals surface area contributed by atoms with E-state index >= 15 is 0 Å². The molecular weight excluding hydrogens is 741 g/mol. The van der Waals surface area contributed by atoms with Crippen LogP contribution in [0.25, 0.3) is 50.4 Å². The van der Waals surface area contributed by atoms with E-state index in [0.29, 0.717) is 52.3 Å². The van der Waals surface area contributed by atoms with Crippen molar-refractivity contribution < 1.29 is 30.0 Å². The second kappa shape index (κ2) is 19.9. The van der Waals surface area contributed by atoms with Gasteiger partial charge in [-0.3, -0.25) is 9.59 Å². The van der Waals surface area contributed by atoms with Gasteiger partial charge in [-0.1, -0.05) is 47.6 Å². The number of hydrogen-bond donors (Lipinski definition) is 6. The number of aliphatic carboxylic acids is 2. The van der Waals surface area contributed by atoms with Crippen LogP contribution in [0.4, 0.5) is 0 Å². The van der Waals surface area contributed by atoms with Crippen molar-refractivity contribution in [3.05, 3.63) is 111 Å². The number of hydrogen-bond acceptors (Lipinski definition) is 6. The van der Waals surface area contributed by atoms with E-state index in [4.69, 9.17) is 9.97 Å². The molecule has 59 heavy (non-hydrogen) atoms. The van der Waals surface area contributed by atoms with Crippen molar-refractivity contribution in [3.8, 4) is 0 Å². The second-order valence-corrected chi connectivity index (χ2v) is 16.1. The van der Waals surface area contributed by atoms with Crippen LogP contribution in [0.15, 0.2) is 65.8 Å². The molecule has 2 aliphatic rings. The van der Waals surface area contributed by atoms with Gasteiger partial charge in [-0.25, -0.2) is 9.97 Å². The van der Waals surface area contributed by atoms with Gasteiger partial charge in [0.2, 0.25) is 0 Å². The van der Waals surface area contributed by atoms with Crippen LogP contribution in [0.5, 0.6) is 0 Å². The van der Waals surface area contributed by atoms with Gasteiger partial charge < -0.3 is 30.4 Å². The Morgan fingerprint density at radius 3 is 1.85 bits per heavy atom. The predicted molar refractivity (Wildman–Crippen MR) is 240 cm³/mol. The van der Waals surface area contributed by atoms with Crippen molar-refractivity contribution in [3.63, 3.8) is 0 Å². The molecule has 10 nitrogen and oxygen atoms in total. The molecule has 0 spiro atoms. The lowest BCUT2D eigenvalue weighted by molar-refractivity contribution is -0.137. The highest BCUT2D eigenvalue weighted by molar-refractivity contribution is 5.97. The third-order valence-corrected chi connectivity index (χ3v) is 11.4. The normalized spacial score (nSPS) is 13.9. The molecule has 2 aliphatic heterocycles. The minimum Gasteiger partial charge on any atom is -0.481 e. The summed E-state index contributed by atoms with van der Waals surface area (Å²) in [5.74, 6) is -1.91. The molecule has 0 saturated carbocycles. The van der Waals surface area contributed by atoms with Gasteiger partial charge in [0.25, 0.3) is 0 Å². The maximum Gasteiger partial charge on any atom is 0.303 e. The molecule has 0 saturated heterocycles. The van der Waals surface area contributed by atoms with E-state index in [1.54, 1.807) is 12.1 Å². The summed E-state index contributed by atoms with van der Waals surface area (Å²) in [4.78, 5) is 40.5. The van der Waals surface area contributed by atoms with Crippen LogP contribution >= 0.6 is 0 Å². The number of H-pyrrole nitrogens is 2. The van der Waals surface area contributed by atoms with Crippen LogP contribution in [0.2, 0.25) is 0 Å². The van der Waals surface area contributed by atoms with Crippen molar-refractivity contribution in [2.24, 2.45) is 0 Å². The maximum absolute atomic E-state index is 11.9. The number of aryl methyl sites for hydroxylation is 2. The summed E-state index contributed by atoms with van der Waals surface area (Å²) >= 11 is 0. The molecule has 0 fully saturated rings. The van der Waals surface area contributed by atoms with Gasteiger partial charge >= 0.3 is 11.9 Å². The Labute approximate surface area is 347 Å². The van der Waals surface area contributed by atoms with Gasteiger partial charge in [-0.05, 0) is 152 Å². The SMILES string of the molecule is C=Cc1c(C)c2cc3[nH]c(cc4nc(cc5nc(cc1[nH]2)C(C)=C5CCC(=O)O)C(CCC(=O)O)=C4CO)c(C)c3C(O)CC/C=C(\C)CC/C=C(\C)CCC=C(C)C. The summed E-state index contributed by atoms with van der Waals surface area (Å²) in [6.45, 7) is 18.2. The smallest absolute Gasteiger partial charge is 0.303 e. The van der Waals surface area contributed by atoms with Gasteiger partial charge in [0.1, 0.15) is 0 Å². The molecule has 5 heterocycles. The lowest BCUT2D eigenvalue weighted by atomic mass is 9.97. The maximum atomic E-state index is 11.9. The lowest BCUT2D eigenvalue weighted by Crippen LogP contribution is -1.98. The molecule has 3 aromatic heterocycles. The van der Waals surface area contributed by atoms with E-state index < -0.39 is 18.0 Å². The Morgan fingerprint density at radius 2 is 1.22 bits per heavy atom. The number of allylic oxidation sites excluding steroid dienone is 9. The van der Waals surface area contributed by atoms with Crippen molar-refractivity contribution in [2.45, 2.75) is 119 Å². The van der Waals surface area contributed by atoms with Crippen LogP contribution in [0.3, 0.4) is 0 Å². The average molecular weight is 801 g/mol. The summed E-state index contributed by atoms with van der Waals surface area (Å²) < 4.78 is 0. The summed E-state index contributed by atoms with van der Waals surface area (Å²) in [5.41, 5.74) is 15.3. The molecule has 0 amide bonds. The Morgan fingerprint density at radius 1 is 0.678 bits per heavy atom. The molecule has 3 aromatic rings. The van der Waals surface area contributed by atoms with Crippen molar-refractivity contribution >= 4 is 62.4 Å². The van der Waals surface area contributed by atoms with Gasteiger partial charge in [0, 0.05) is 51.6 Å². The zero-order valence-corrected chi connectivity index (χ0v) is 35.7. The van der Waals surface area contributed by atoms with Crippen LogP contribution in [0, 0.1) is 13.8 Å². The molecule has 6 N–H and O–H groups in total. The minimum absolute atomic E-state index is 0.0976. The first-order chi connectivity index (χ1) is 28.1. The summed E-state index contributed by atoms with van der Waals surface area (Å²) in [7, 11) is 0. The summed E-state index contributed by atoms with van der Waals surface area (Å²) in [6.07, 6.45) is 13.2. The number of aromatic amines is 2. The van der Waals surface area contributed by atoms with E-state index in [9.17, 15) is 30.0 Å². The quantitative estimate of drug-likeness (QED) is 0.0690. The number of aromatic nitrogens is 4. The molecule has 1 unspecified atom stereocenters. The van der Waals surface area contributed by atoms with E-state index in [1.165, 1.54) is 16.7 Å². The fourth-order valence-corrected chi connectivity index (χ4v) is 7.97. The number of rotatable bonds is 18. The topological polar surface area (TPSA) is 172 Å². The fraction of sp³-hybridized carbons (Fsp3) is 0.388. The third kappa shape index (κ3) is 10.9. The molecule has 5 rings (SSSR count). The Balaban J connectivity index is 1.65. The Hall–Kier alpha value is -5.58. The van der Waals surface area contributed by atoms with Gasteiger partial charge in [0.05, 0.1) is 35.5 Å². The number of carboxylic acid groups (broad SMARTS) is 2. The zero-order valence-electron chi connectivity index (χ0n) is 35.7. The number of fused-ring (bicyclic) bond motifs is 8. The zero-order chi connectivity index (χ0) is 43.0. The monoisotopic (exact) mass is 800 g/mol. The lowest BCUT2D eigenvalue weighted by Gasteiger charge is -2.10. The van der Waals surface area contributed by atoms with E-state index in [0.717, 1.165) is 75.6 Å². The first-order valence-electron chi connectivity index (χ1n) is 20.6. The average Bonchev–Trinajstić information content (AvgIpc) is 3.85.